The summed E-state index contributed by atoms with van der Waals surface area (Å²) < 4.78 is 0. The molecule has 0 radical (unpaired) electrons. The number of amides is 1. The van der Waals surface area contributed by atoms with Gasteiger partial charge in [-0.1, -0.05) is 6.92 Å². The fourth-order valence-corrected chi connectivity index (χ4v) is 1.21. The van der Waals surface area contributed by atoms with Gasteiger partial charge in [0.05, 0.1) is 23.9 Å². The fourth-order valence-electron chi connectivity index (χ4n) is 1.21. The number of aromatic nitrogens is 2. The van der Waals surface area contributed by atoms with Crippen molar-refractivity contribution in [2.45, 2.75) is 6.92 Å². The lowest BCUT2D eigenvalue weighted by Gasteiger charge is -2.19. The number of carbonyl (C=O) groups excluding carboxylic acids is 1. The van der Waals surface area contributed by atoms with Crippen LogP contribution in [0.3, 0.4) is 0 Å². The van der Waals surface area contributed by atoms with Crippen molar-refractivity contribution in [2.75, 3.05) is 13.6 Å². The molecule has 1 amide bonds. The van der Waals surface area contributed by atoms with E-state index in [1.165, 1.54) is 23.4 Å². The molecular formula is C10H13N3O3. The number of hydrogen-bond acceptors (Lipinski definition) is 4. The number of carboxylic acid groups (broad SMARTS) is 1. The summed E-state index contributed by atoms with van der Waals surface area (Å²) in [5.74, 6) is -1.78. The Hall–Kier alpha value is -1.98. The average molecular weight is 223 g/mol. The van der Waals surface area contributed by atoms with Gasteiger partial charge in [0.25, 0.3) is 5.91 Å². The van der Waals surface area contributed by atoms with Gasteiger partial charge in [-0.25, -0.2) is 0 Å². The summed E-state index contributed by atoms with van der Waals surface area (Å²) in [5, 5.41) is 15.9. The lowest BCUT2D eigenvalue weighted by Crippen LogP contribution is -2.33. The molecule has 1 N–H and O–H groups in total. The number of carbonyl (C=O) groups is 2. The summed E-state index contributed by atoms with van der Waals surface area (Å²) in [4.78, 5) is 23.8. The van der Waals surface area contributed by atoms with Gasteiger partial charge < -0.3 is 10.0 Å². The topological polar surface area (TPSA) is 83.4 Å². The number of hydrogen-bond donors (Lipinski definition) is 1. The van der Waals surface area contributed by atoms with Crippen molar-refractivity contribution in [3.63, 3.8) is 0 Å². The van der Waals surface area contributed by atoms with E-state index in [0.29, 0.717) is 5.56 Å². The van der Waals surface area contributed by atoms with Crippen LogP contribution in [0.25, 0.3) is 0 Å². The summed E-state index contributed by atoms with van der Waals surface area (Å²) in [5.41, 5.74) is 0.398. The van der Waals surface area contributed by atoms with Gasteiger partial charge >= 0.3 is 5.97 Å². The SMILES string of the molecule is CC(CN(C)C(=O)c1ccnnc1)C(=O)O. The first kappa shape index (κ1) is 12.1. The highest BCUT2D eigenvalue weighted by atomic mass is 16.4. The lowest BCUT2D eigenvalue weighted by atomic mass is 10.1. The number of aliphatic carboxylic acids is 1. The summed E-state index contributed by atoms with van der Waals surface area (Å²) >= 11 is 0. The first-order valence-corrected chi connectivity index (χ1v) is 4.77. The molecule has 6 nitrogen and oxygen atoms in total. The van der Waals surface area contributed by atoms with Gasteiger partial charge in [-0.3, -0.25) is 9.59 Å². The minimum atomic E-state index is -0.924. The fraction of sp³-hybridized carbons (Fsp3) is 0.400. The molecule has 1 aromatic rings. The zero-order valence-electron chi connectivity index (χ0n) is 9.12. The van der Waals surface area contributed by atoms with Gasteiger partial charge in [-0.05, 0) is 6.07 Å². The molecular weight excluding hydrogens is 210 g/mol. The molecule has 0 bridgehead atoms. The van der Waals surface area contributed by atoms with Crippen LogP contribution in [-0.4, -0.2) is 45.7 Å². The third kappa shape index (κ3) is 3.01. The molecule has 16 heavy (non-hydrogen) atoms. The second-order valence-corrected chi connectivity index (χ2v) is 3.56. The van der Waals surface area contributed by atoms with E-state index in [-0.39, 0.29) is 12.5 Å². The molecule has 1 atom stereocenters. The highest BCUT2D eigenvalue weighted by Crippen LogP contribution is 2.04. The van der Waals surface area contributed by atoms with Crippen LogP contribution in [0.1, 0.15) is 17.3 Å². The summed E-state index contributed by atoms with van der Waals surface area (Å²) in [6, 6.07) is 1.54. The minimum Gasteiger partial charge on any atom is -0.481 e. The first-order chi connectivity index (χ1) is 7.52. The normalized spacial score (nSPS) is 11.9. The number of nitrogens with zero attached hydrogens (tertiary/aromatic N) is 3. The van der Waals surface area contributed by atoms with Crippen LogP contribution in [0.5, 0.6) is 0 Å². The smallest absolute Gasteiger partial charge is 0.308 e. The monoisotopic (exact) mass is 223 g/mol. The third-order valence-corrected chi connectivity index (χ3v) is 2.15. The van der Waals surface area contributed by atoms with Crippen LogP contribution >= 0.6 is 0 Å². The number of carboxylic acids is 1. The molecule has 0 spiro atoms. The van der Waals surface area contributed by atoms with E-state index in [1.807, 2.05) is 0 Å². The van der Waals surface area contributed by atoms with Crippen molar-refractivity contribution in [2.24, 2.45) is 5.92 Å². The van der Waals surface area contributed by atoms with E-state index in [0.717, 1.165) is 0 Å². The molecule has 0 aliphatic rings. The van der Waals surface area contributed by atoms with Crippen LogP contribution in [-0.2, 0) is 4.79 Å². The van der Waals surface area contributed by atoms with Crippen LogP contribution in [0.4, 0.5) is 0 Å². The van der Waals surface area contributed by atoms with Crippen molar-refractivity contribution >= 4 is 11.9 Å². The van der Waals surface area contributed by atoms with E-state index < -0.39 is 11.9 Å². The molecule has 86 valence electrons. The lowest BCUT2D eigenvalue weighted by molar-refractivity contribution is -0.141. The van der Waals surface area contributed by atoms with Gasteiger partial charge in [0, 0.05) is 13.6 Å². The molecule has 0 aromatic carbocycles. The van der Waals surface area contributed by atoms with Crippen LogP contribution < -0.4 is 0 Å². The van der Waals surface area contributed by atoms with Crippen LogP contribution in [0.15, 0.2) is 18.5 Å². The van der Waals surface area contributed by atoms with Crippen molar-refractivity contribution in [3.8, 4) is 0 Å². The minimum absolute atomic E-state index is 0.163. The molecule has 6 heteroatoms. The Morgan fingerprint density at radius 1 is 1.50 bits per heavy atom. The summed E-state index contributed by atoms with van der Waals surface area (Å²) in [6.07, 6.45) is 2.77. The summed E-state index contributed by atoms with van der Waals surface area (Å²) in [6.45, 7) is 1.72. The van der Waals surface area contributed by atoms with Gasteiger partial charge in [0.15, 0.2) is 0 Å². The highest BCUT2D eigenvalue weighted by molar-refractivity contribution is 5.93. The predicted molar refractivity (Wildman–Crippen MR) is 55.8 cm³/mol. The van der Waals surface area contributed by atoms with Crippen molar-refractivity contribution in [1.82, 2.24) is 15.1 Å². The first-order valence-electron chi connectivity index (χ1n) is 4.77. The Morgan fingerprint density at radius 3 is 2.69 bits per heavy atom. The number of rotatable bonds is 4. The molecule has 1 heterocycles. The zero-order valence-corrected chi connectivity index (χ0v) is 9.12. The van der Waals surface area contributed by atoms with Gasteiger partial charge in [-0.2, -0.15) is 10.2 Å². The van der Waals surface area contributed by atoms with Crippen molar-refractivity contribution in [3.05, 3.63) is 24.0 Å². The summed E-state index contributed by atoms with van der Waals surface area (Å²) in [7, 11) is 1.56. The predicted octanol–water partition coefficient (Wildman–Crippen LogP) is 0.269. The molecule has 1 unspecified atom stereocenters. The molecule has 0 fully saturated rings. The van der Waals surface area contributed by atoms with Gasteiger partial charge in [0.1, 0.15) is 0 Å². The third-order valence-electron chi connectivity index (χ3n) is 2.15. The molecule has 0 saturated carbocycles. The largest absolute Gasteiger partial charge is 0.481 e. The van der Waals surface area contributed by atoms with Crippen molar-refractivity contribution in [1.29, 1.82) is 0 Å². The van der Waals surface area contributed by atoms with E-state index in [9.17, 15) is 9.59 Å². The highest BCUT2D eigenvalue weighted by Gasteiger charge is 2.18. The van der Waals surface area contributed by atoms with E-state index in [4.69, 9.17) is 5.11 Å². The Morgan fingerprint density at radius 2 is 2.19 bits per heavy atom. The molecule has 0 aliphatic heterocycles. The van der Waals surface area contributed by atoms with Crippen LogP contribution in [0.2, 0.25) is 0 Å². The maximum Gasteiger partial charge on any atom is 0.308 e. The Balaban J connectivity index is 2.65. The van der Waals surface area contributed by atoms with E-state index in [1.54, 1.807) is 14.0 Å². The maximum absolute atomic E-state index is 11.8. The molecule has 0 aliphatic carbocycles. The quantitative estimate of drug-likeness (QED) is 0.792. The average Bonchev–Trinajstić information content (AvgIpc) is 2.28. The maximum atomic E-state index is 11.8. The second-order valence-electron chi connectivity index (χ2n) is 3.56. The van der Waals surface area contributed by atoms with Gasteiger partial charge in [0.2, 0.25) is 0 Å². The zero-order chi connectivity index (χ0) is 12.1. The van der Waals surface area contributed by atoms with E-state index >= 15 is 0 Å². The molecule has 1 rings (SSSR count). The van der Waals surface area contributed by atoms with Gasteiger partial charge in [-0.15, -0.1) is 0 Å². The standard InChI is InChI=1S/C10H13N3O3/c1-7(10(15)16)6-13(2)9(14)8-3-4-11-12-5-8/h3-5,7H,6H2,1-2H3,(H,15,16). The van der Waals surface area contributed by atoms with E-state index in [2.05, 4.69) is 10.2 Å². The Bertz CT molecular complexity index is 380. The Kier molecular flexibility index (Phi) is 3.93. The molecule has 0 saturated heterocycles. The molecule has 1 aromatic heterocycles. The van der Waals surface area contributed by atoms with Crippen molar-refractivity contribution < 1.29 is 14.7 Å². The second kappa shape index (κ2) is 5.20. The van der Waals surface area contributed by atoms with Crippen LogP contribution in [0, 0.1) is 5.92 Å². The Labute approximate surface area is 92.9 Å².